The summed E-state index contributed by atoms with van der Waals surface area (Å²) in [4.78, 5) is 2.74. The highest BCUT2D eigenvalue weighted by Gasteiger charge is 2.39. The number of nitrogens with zero attached hydrogens (tertiary/aromatic N) is 1. The molecule has 3 aliphatic rings. The first-order valence-electron chi connectivity index (χ1n) is 7.15. The summed E-state index contributed by atoms with van der Waals surface area (Å²) in [7, 11) is 0. The van der Waals surface area contributed by atoms with Crippen molar-refractivity contribution in [3.63, 3.8) is 0 Å². The van der Waals surface area contributed by atoms with Crippen LogP contribution in [0.25, 0.3) is 0 Å². The lowest BCUT2D eigenvalue weighted by Gasteiger charge is -2.39. The van der Waals surface area contributed by atoms with Gasteiger partial charge in [-0.25, -0.2) is 0 Å². The van der Waals surface area contributed by atoms with E-state index in [1.807, 2.05) is 0 Å². The van der Waals surface area contributed by atoms with Gasteiger partial charge in [0.25, 0.3) is 0 Å². The highest BCUT2D eigenvalue weighted by atomic mass is 15.3. The molecule has 0 aromatic carbocycles. The Hall–Kier alpha value is -0.0800. The maximum Gasteiger partial charge on any atom is 0.0210 e. The molecule has 2 saturated carbocycles. The third-order valence-electron chi connectivity index (χ3n) is 5.02. The van der Waals surface area contributed by atoms with Crippen molar-refractivity contribution in [1.29, 1.82) is 0 Å². The molecular formula is C14H26N2. The average Bonchev–Trinajstić information content (AvgIpc) is 2.98. The van der Waals surface area contributed by atoms with Crippen molar-refractivity contribution in [1.82, 2.24) is 10.2 Å². The van der Waals surface area contributed by atoms with Gasteiger partial charge in [-0.3, -0.25) is 4.90 Å². The monoisotopic (exact) mass is 222 g/mol. The van der Waals surface area contributed by atoms with Crippen LogP contribution in [0.5, 0.6) is 0 Å². The molecule has 92 valence electrons. The molecule has 1 aliphatic heterocycles. The van der Waals surface area contributed by atoms with E-state index in [2.05, 4.69) is 24.1 Å². The van der Waals surface area contributed by atoms with Crippen molar-refractivity contribution >= 4 is 0 Å². The fourth-order valence-corrected chi connectivity index (χ4v) is 3.47. The van der Waals surface area contributed by atoms with Crippen molar-refractivity contribution in [2.75, 3.05) is 13.1 Å². The Morgan fingerprint density at radius 2 is 2.06 bits per heavy atom. The minimum atomic E-state index is 0.635. The highest BCUT2D eigenvalue weighted by molar-refractivity contribution is 4.97. The maximum absolute atomic E-state index is 3.83. The summed E-state index contributed by atoms with van der Waals surface area (Å²) < 4.78 is 0. The molecule has 0 aromatic rings. The van der Waals surface area contributed by atoms with Crippen LogP contribution in [-0.4, -0.2) is 36.1 Å². The molecule has 2 heteroatoms. The van der Waals surface area contributed by atoms with Crippen LogP contribution in [0.3, 0.4) is 0 Å². The molecule has 2 unspecified atom stereocenters. The van der Waals surface area contributed by atoms with Gasteiger partial charge in [0.1, 0.15) is 0 Å². The predicted molar refractivity (Wildman–Crippen MR) is 67.6 cm³/mol. The topological polar surface area (TPSA) is 15.3 Å². The largest absolute Gasteiger partial charge is 0.312 e. The van der Waals surface area contributed by atoms with Gasteiger partial charge in [0.05, 0.1) is 0 Å². The van der Waals surface area contributed by atoms with Gasteiger partial charge in [0, 0.05) is 31.2 Å². The molecule has 0 radical (unpaired) electrons. The zero-order valence-corrected chi connectivity index (χ0v) is 10.8. The Morgan fingerprint density at radius 3 is 2.62 bits per heavy atom. The second-order valence-corrected chi connectivity index (χ2v) is 6.75. The summed E-state index contributed by atoms with van der Waals surface area (Å²) >= 11 is 0. The summed E-state index contributed by atoms with van der Waals surface area (Å²) in [5.74, 6) is 0. The Bertz CT molecular complexity index is 255. The number of likely N-dealkylation sites (tertiary alicyclic amines) is 1. The number of hydrogen-bond donors (Lipinski definition) is 1. The first-order chi connectivity index (χ1) is 7.66. The van der Waals surface area contributed by atoms with Crippen molar-refractivity contribution < 1.29 is 0 Å². The zero-order valence-electron chi connectivity index (χ0n) is 10.8. The normalized spacial score (nSPS) is 38.6. The van der Waals surface area contributed by atoms with E-state index in [1.54, 1.807) is 0 Å². The van der Waals surface area contributed by atoms with Crippen LogP contribution < -0.4 is 5.32 Å². The summed E-state index contributed by atoms with van der Waals surface area (Å²) in [5.41, 5.74) is 0.635. The van der Waals surface area contributed by atoms with E-state index in [0.29, 0.717) is 5.41 Å². The minimum Gasteiger partial charge on any atom is -0.312 e. The van der Waals surface area contributed by atoms with Gasteiger partial charge < -0.3 is 5.32 Å². The Morgan fingerprint density at radius 1 is 1.31 bits per heavy atom. The van der Waals surface area contributed by atoms with Crippen LogP contribution >= 0.6 is 0 Å². The lowest BCUT2D eigenvalue weighted by molar-refractivity contribution is 0.150. The molecule has 16 heavy (non-hydrogen) atoms. The lowest BCUT2D eigenvalue weighted by Crippen LogP contribution is -2.43. The van der Waals surface area contributed by atoms with E-state index in [9.17, 15) is 0 Å². The van der Waals surface area contributed by atoms with Crippen LogP contribution in [0.2, 0.25) is 0 Å². The predicted octanol–water partition coefficient (Wildman–Crippen LogP) is 2.39. The first-order valence-corrected chi connectivity index (χ1v) is 7.15. The van der Waals surface area contributed by atoms with Gasteiger partial charge in [0.15, 0.2) is 0 Å². The lowest BCUT2D eigenvalue weighted by atomic mass is 9.70. The van der Waals surface area contributed by atoms with Gasteiger partial charge in [-0.1, -0.05) is 13.3 Å². The smallest absolute Gasteiger partial charge is 0.0210 e. The molecule has 3 rings (SSSR count). The molecule has 0 aromatic heterocycles. The SMILES string of the molecule is CC1CC(NCC2(C)CCC2)CN1C1CC1. The van der Waals surface area contributed by atoms with Gasteiger partial charge in [-0.2, -0.15) is 0 Å². The van der Waals surface area contributed by atoms with Crippen molar-refractivity contribution in [3.05, 3.63) is 0 Å². The zero-order chi connectivity index (χ0) is 11.2. The third kappa shape index (κ3) is 2.14. The molecule has 1 N–H and O–H groups in total. The summed E-state index contributed by atoms with van der Waals surface area (Å²) in [6.45, 7) is 7.41. The average molecular weight is 222 g/mol. The van der Waals surface area contributed by atoms with Gasteiger partial charge in [-0.15, -0.1) is 0 Å². The number of rotatable bonds is 4. The van der Waals surface area contributed by atoms with Crippen LogP contribution in [0.1, 0.15) is 52.4 Å². The molecule has 2 nitrogen and oxygen atoms in total. The number of nitrogens with one attached hydrogen (secondary N) is 1. The van der Waals surface area contributed by atoms with E-state index in [4.69, 9.17) is 0 Å². The Balaban J connectivity index is 1.45. The van der Waals surface area contributed by atoms with Crippen LogP contribution in [-0.2, 0) is 0 Å². The second-order valence-electron chi connectivity index (χ2n) is 6.75. The molecule has 1 saturated heterocycles. The minimum absolute atomic E-state index is 0.635. The van der Waals surface area contributed by atoms with Crippen LogP contribution in [0.4, 0.5) is 0 Å². The summed E-state index contributed by atoms with van der Waals surface area (Å²) in [6.07, 6.45) is 8.60. The molecule has 0 bridgehead atoms. The van der Waals surface area contributed by atoms with Crippen molar-refractivity contribution in [2.24, 2.45) is 5.41 Å². The summed E-state index contributed by atoms with van der Waals surface area (Å²) in [5, 5.41) is 3.83. The second kappa shape index (κ2) is 3.99. The Kier molecular flexibility index (Phi) is 2.75. The molecule has 2 aliphatic carbocycles. The summed E-state index contributed by atoms with van der Waals surface area (Å²) in [6, 6.07) is 2.54. The molecular weight excluding hydrogens is 196 g/mol. The molecule has 1 heterocycles. The third-order valence-corrected chi connectivity index (χ3v) is 5.02. The Labute approximate surface area is 99.8 Å². The molecule has 2 atom stereocenters. The van der Waals surface area contributed by atoms with E-state index in [1.165, 1.54) is 51.6 Å². The van der Waals surface area contributed by atoms with Crippen LogP contribution in [0, 0.1) is 5.41 Å². The quantitative estimate of drug-likeness (QED) is 0.786. The standard InChI is InChI=1S/C14H26N2/c1-11-8-12(9-16(11)13-4-5-13)15-10-14(2)6-3-7-14/h11-13,15H,3-10H2,1-2H3. The molecule has 3 fully saturated rings. The highest BCUT2D eigenvalue weighted by Crippen LogP contribution is 2.40. The van der Waals surface area contributed by atoms with E-state index < -0.39 is 0 Å². The van der Waals surface area contributed by atoms with Crippen molar-refractivity contribution in [2.45, 2.75) is 70.5 Å². The molecule has 0 amide bonds. The van der Waals surface area contributed by atoms with Crippen molar-refractivity contribution in [3.8, 4) is 0 Å². The maximum atomic E-state index is 3.83. The molecule has 0 spiro atoms. The fraction of sp³-hybridized carbons (Fsp3) is 1.00. The van der Waals surface area contributed by atoms with Gasteiger partial charge in [0.2, 0.25) is 0 Å². The van der Waals surface area contributed by atoms with E-state index in [-0.39, 0.29) is 0 Å². The van der Waals surface area contributed by atoms with E-state index >= 15 is 0 Å². The fourth-order valence-electron chi connectivity index (χ4n) is 3.47. The van der Waals surface area contributed by atoms with Crippen LogP contribution in [0.15, 0.2) is 0 Å². The van der Waals surface area contributed by atoms with Gasteiger partial charge >= 0.3 is 0 Å². The first kappa shape index (κ1) is 11.0. The van der Waals surface area contributed by atoms with Gasteiger partial charge in [-0.05, 0) is 44.4 Å². The number of hydrogen-bond acceptors (Lipinski definition) is 2. The van der Waals surface area contributed by atoms with E-state index in [0.717, 1.165) is 18.1 Å².